The Kier molecular flexibility index (Phi) is 4.88. The summed E-state index contributed by atoms with van der Waals surface area (Å²) in [6, 6.07) is 0. The summed E-state index contributed by atoms with van der Waals surface area (Å²) in [6.07, 6.45) is -1.27. The van der Waals surface area contributed by atoms with Gasteiger partial charge in [0.15, 0.2) is 0 Å². The monoisotopic (exact) mass is 283 g/mol. The number of rotatable bonds is 5. The summed E-state index contributed by atoms with van der Waals surface area (Å²) in [7, 11) is 0. The Morgan fingerprint density at radius 2 is 1.95 bits per heavy atom. The minimum atomic E-state index is -2.14. The van der Waals surface area contributed by atoms with Crippen molar-refractivity contribution in [2.45, 2.75) is 38.8 Å². The van der Waals surface area contributed by atoms with Crippen LogP contribution in [0.5, 0.6) is 0 Å². The molecular formula is C12H17N3O5. The van der Waals surface area contributed by atoms with Crippen LogP contribution in [-0.2, 0) is 15.3 Å². The summed E-state index contributed by atoms with van der Waals surface area (Å²) in [6.45, 7) is 7.20. The Balaban J connectivity index is 3.40. The fraction of sp³-hybridized carbons (Fsp3) is 0.500. The van der Waals surface area contributed by atoms with E-state index in [1.807, 2.05) is 0 Å². The van der Waals surface area contributed by atoms with E-state index >= 15 is 0 Å². The van der Waals surface area contributed by atoms with Gasteiger partial charge in [0, 0.05) is 18.6 Å². The molecule has 110 valence electrons. The Bertz CT molecular complexity index is 514. The van der Waals surface area contributed by atoms with Crippen molar-refractivity contribution < 1.29 is 24.9 Å². The zero-order valence-corrected chi connectivity index (χ0v) is 11.4. The molecule has 1 aromatic heterocycles. The Labute approximate surface area is 115 Å². The normalized spacial score (nSPS) is 16.9. The number of aliphatic hydroxyl groups is 3. The molecule has 1 rings (SSSR count). The maximum absolute atomic E-state index is 11.2. The number of carbonyl (C=O) groups excluding carboxylic acids is 1. The highest BCUT2D eigenvalue weighted by Crippen LogP contribution is 2.31. The second-order valence-corrected chi connectivity index (χ2v) is 4.40. The molecular weight excluding hydrogens is 266 g/mol. The molecule has 0 aromatic carbocycles. The summed E-state index contributed by atoms with van der Waals surface area (Å²) < 4.78 is 4.77. The standard InChI is InChI=1S/C12H17N3O5/c1-5-8(18)20-12(4,19)11-9(6(2)16)10(7(3)17)13-15-14-11/h5-7,16-17,19H,1H2,2-4H3. The summed E-state index contributed by atoms with van der Waals surface area (Å²) in [5.41, 5.74) is -0.106. The number of hydrogen-bond acceptors (Lipinski definition) is 8. The van der Waals surface area contributed by atoms with Crippen LogP contribution in [-0.4, -0.2) is 36.7 Å². The average molecular weight is 283 g/mol. The minimum absolute atomic E-state index is 0.0416. The van der Waals surface area contributed by atoms with E-state index in [0.717, 1.165) is 13.0 Å². The first kappa shape index (κ1) is 16.2. The van der Waals surface area contributed by atoms with Crippen LogP contribution in [0.15, 0.2) is 12.7 Å². The first-order valence-electron chi connectivity index (χ1n) is 5.88. The minimum Gasteiger partial charge on any atom is -0.424 e. The highest BCUT2D eigenvalue weighted by atomic mass is 16.7. The molecule has 20 heavy (non-hydrogen) atoms. The average Bonchev–Trinajstić information content (AvgIpc) is 2.36. The molecule has 0 aliphatic heterocycles. The van der Waals surface area contributed by atoms with Crippen molar-refractivity contribution in [3.63, 3.8) is 0 Å². The lowest BCUT2D eigenvalue weighted by molar-refractivity contribution is -0.204. The lowest BCUT2D eigenvalue weighted by atomic mass is 9.99. The second kappa shape index (κ2) is 6.04. The maximum Gasteiger partial charge on any atom is 0.332 e. The number of aromatic nitrogens is 3. The predicted octanol–water partition coefficient (Wildman–Crippen LogP) is -0.128. The number of nitrogens with zero attached hydrogens (tertiary/aromatic N) is 3. The molecule has 8 nitrogen and oxygen atoms in total. The van der Waals surface area contributed by atoms with Gasteiger partial charge in [-0.1, -0.05) is 6.58 Å². The summed E-state index contributed by atoms with van der Waals surface area (Å²) in [4.78, 5) is 11.2. The molecule has 0 saturated carbocycles. The van der Waals surface area contributed by atoms with Gasteiger partial charge in [-0.2, -0.15) is 0 Å². The van der Waals surface area contributed by atoms with Gasteiger partial charge >= 0.3 is 5.97 Å². The van der Waals surface area contributed by atoms with Gasteiger partial charge in [0.05, 0.1) is 12.2 Å². The van der Waals surface area contributed by atoms with Gasteiger partial charge in [0.1, 0.15) is 11.4 Å². The second-order valence-electron chi connectivity index (χ2n) is 4.40. The molecule has 0 amide bonds. The number of esters is 1. The summed E-state index contributed by atoms with van der Waals surface area (Å²) in [5, 5.41) is 40.3. The summed E-state index contributed by atoms with van der Waals surface area (Å²) >= 11 is 0. The van der Waals surface area contributed by atoms with E-state index in [9.17, 15) is 20.1 Å². The van der Waals surface area contributed by atoms with Crippen molar-refractivity contribution in [1.82, 2.24) is 15.4 Å². The molecule has 0 spiro atoms. The third kappa shape index (κ3) is 3.35. The van der Waals surface area contributed by atoms with Crippen LogP contribution >= 0.6 is 0 Å². The van der Waals surface area contributed by atoms with Crippen LogP contribution in [0.4, 0.5) is 0 Å². The number of hydrogen-bond donors (Lipinski definition) is 3. The lowest BCUT2D eigenvalue weighted by Crippen LogP contribution is -2.32. The van der Waals surface area contributed by atoms with Gasteiger partial charge in [-0.15, -0.1) is 10.2 Å². The smallest absolute Gasteiger partial charge is 0.332 e. The van der Waals surface area contributed by atoms with Crippen molar-refractivity contribution in [2.24, 2.45) is 0 Å². The van der Waals surface area contributed by atoms with Crippen LogP contribution in [0.2, 0.25) is 0 Å². The van der Waals surface area contributed by atoms with Crippen LogP contribution in [0.3, 0.4) is 0 Å². The van der Waals surface area contributed by atoms with Gasteiger partial charge in [0.25, 0.3) is 5.79 Å². The van der Waals surface area contributed by atoms with Crippen molar-refractivity contribution >= 4 is 5.97 Å². The van der Waals surface area contributed by atoms with E-state index in [4.69, 9.17) is 4.74 Å². The predicted molar refractivity (Wildman–Crippen MR) is 67.0 cm³/mol. The molecule has 0 bridgehead atoms. The number of ether oxygens (including phenoxy) is 1. The van der Waals surface area contributed by atoms with Crippen molar-refractivity contribution in [3.05, 3.63) is 29.6 Å². The molecule has 0 fully saturated rings. The number of aliphatic hydroxyl groups excluding tert-OH is 2. The zero-order valence-electron chi connectivity index (χ0n) is 11.4. The molecule has 1 heterocycles. The van der Waals surface area contributed by atoms with Crippen LogP contribution < -0.4 is 0 Å². The topological polar surface area (TPSA) is 126 Å². The van der Waals surface area contributed by atoms with Crippen LogP contribution in [0.1, 0.15) is 49.9 Å². The van der Waals surface area contributed by atoms with Crippen molar-refractivity contribution in [2.75, 3.05) is 0 Å². The van der Waals surface area contributed by atoms with Gasteiger partial charge in [-0.25, -0.2) is 4.79 Å². The fourth-order valence-electron chi connectivity index (χ4n) is 1.69. The molecule has 8 heteroatoms. The van der Waals surface area contributed by atoms with Crippen LogP contribution in [0, 0.1) is 0 Å². The van der Waals surface area contributed by atoms with E-state index < -0.39 is 24.0 Å². The Morgan fingerprint density at radius 3 is 2.40 bits per heavy atom. The first-order chi connectivity index (χ1) is 9.20. The molecule has 0 saturated heterocycles. The fourth-order valence-corrected chi connectivity index (χ4v) is 1.69. The van der Waals surface area contributed by atoms with E-state index in [0.29, 0.717) is 0 Å². The third-order valence-corrected chi connectivity index (χ3v) is 2.55. The molecule has 3 unspecified atom stereocenters. The summed E-state index contributed by atoms with van der Waals surface area (Å²) in [5.74, 6) is -3.01. The van der Waals surface area contributed by atoms with Crippen LogP contribution in [0.25, 0.3) is 0 Å². The number of carbonyl (C=O) groups is 1. The van der Waals surface area contributed by atoms with Crippen molar-refractivity contribution in [1.29, 1.82) is 0 Å². The molecule has 0 aliphatic carbocycles. The molecule has 3 N–H and O–H groups in total. The highest BCUT2D eigenvalue weighted by Gasteiger charge is 2.36. The third-order valence-electron chi connectivity index (χ3n) is 2.55. The van der Waals surface area contributed by atoms with Crippen molar-refractivity contribution in [3.8, 4) is 0 Å². The van der Waals surface area contributed by atoms with E-state index in [1.165, 1.54) is 13.8 Å². The molecule has 0 radical (unpaired) electrons. The molecule has 0 aliphatic rings. The van der Waals surface area contributed by atoms with Gasteiger partial charge < -0.3 is 20.1 Å². The van der Waals surface area contributed by atoms with Gasteiger partial charge in [-0.3, -0.25) is 0 Å². The molecule has 3 atom stereocenters. The Morgan fingerprint density at radius 1 is 1.35 bits per heavy atom. The largest absolute Gasteiger partial charge is 0.424 e. The van der Waals surface area contributed by atoms with E-state index in [-0.39, 0.29) is 17.0 Å². The van der Waals surface area contributed by atoms with Gasteiger partial charge in [-0.05, 0) is 19.1 Å². The quantitative estimate of drug-likeness (QED) is 0.387. The SMILES string of the molecule is C=CC(=O)OC(C)(O)c1nnnc(C(C)O)c1C(C)O. The van der Waals surface area contributed by atoms with E-state index in [1.54, 1.807) is 0 Å². The zero-order chi connectivity index (χ0) is 15.5. The van der Waals surface area contributed by atoms with Gasteiger partial charge in [0.2, 0.25) is 0 Å². The first-order valence-corrected chi connectivity index (χ1v) is 5.88. The lowest BCUT2D eigenvalue weighted by Gasteiger charge is -2.25. The molecule has 1 aromatic rings. The maximum atomic E-state index is 11.2. The highest BCUT2D eigenvalue weighted by molar-refractivity contribution is 5.81. The van der Waals surface area contributed by atoms with E-state index in [2.05, 4.69) is 22.0 Å². The Hall–Kier alpha value is -1.90.